The Morgan fingerprint density at radius 2 is 2.20 bits per heavy atom. The van der Waals surface area contributed by atoms with Crippen LogP contribution in [-0.4, -0.2) is 39.0 Å². The lowest BCUT2D eigenvalue weighted by atomic mass is 9.99. The highest BCUT2D eigenvalue weighted by molar-refractivity contribution is 5.51. The van der Waals surface area contributed by atoms with E-state index in [-0.39, 0.29) is 5.60 Å². The van der Waals surface area contributed by atoms with Crippen LogP contribution in [0.2, 0.25) is 0 Å². The summed E-state index contributed by atoms with van der Waals surface area (Å²) < 4.78 is 7.09. The van der Waals surface area contributed by atoms with Crippen LogP contribution in [0.4, 0.5) is 5.69 Å². The minimum absolute atomic E-state index is 0.139. The number of aromatic nitrogens is 4. The number of nitrogens with zero attached hydrogens (tertiary/aromatic N) is 4. The van der Waals surface area contributed by atoms with E-state index >= 15 is 0 Å². The lowest BCUT2D eigenvalue weighted by Crippen LogP contribution is -2.31. The van der Waals surface area contributed by atoms with Crippen molar-refractivity contribution in [3.8, 4) is 5.69 Å². The first-order chi connectivity index (χ1) is 9.50. The Hall–Kier alpha value is -1.95. The van der Waals surface area contributed by atoms with Crippen LogP contribution in [0, 0.1) is 0 Å². The van der Waals surface area contributed by atoms with E-state index in [9.17, 15) is 0 Å². The Bertz CT molecular complexity index is 538. The van der Waals surface area contributed by atoms with Gasteiger partial charge in [-0.25, -0.2) is 4.68 Å². The summed E-state index contributed by atoms with van der Waals surface area (Å²) in [5, 5.41) is 14.6. The summed E-state index contributed by atoms with van der Waals surface area (Å²) in [5.41, 5.74) is 1.83. The van der Waals surface area contributed by atoms with Gasteiger partial charge >= 0.3 is 0 Å². The van der Waals surface area contributed by atoms with Crippen molar-refractivity contribution in [2.24, 2.45) is 0 Å². The summed E-state index contributed by atoms with van der Waals surface area (Å²) in [6, 6.07) is 8.30. The number of tetrazole rings is 1. The van der Waals surface area contributed by atoms with Gasteiger partial charge in [0.2, 0.25) is 0 Å². The number of methoxy groups -OCH3 is 1. The number of hydrogen-bond acceptors (Lipinski definition) is 5. The summed E-state index contributed by atoms with van der Waals surface area (Å²) in [6.07, 6.45) is 2.50. The first-order valence-corrected chi connectivity index (χ1v) is 6.65. The van der Waals surface area contributed by atoms with Crippen molar-refractivity contribution in [3.05, 3.63) is 30.6 Å². The van der Waals surface area contributed by atoms with Crippen LogP contribution in [0.25, 0.3) is 5.69 Å². The Morgan fingerprint density at radius 3 is 2.85 bits per heavy atom. The molecule has 6 nitrogen and oxygen atoms in total. The maximum atomic E-state index is 5.46. The maximum absolute atomic E-state index is 5.46. The van der Waals surface area contributed by atoms with Crippen molar-refractivity contribution in [1.29, 1.82) is 0 Å². The molecule has 1 aromatic heterocycles. The molecular formula is C14H21N5O. The third kappa shape index (κ3) is 3.77. The number of benzene rings is 1. The highest BCUT2D eigenvalue weighted by atomic mass is 16.5. The van der Waals surface area contributed by atoms with Crippen molar-refractivity contribution in [2.75, 3.05) is 12.4 Å². The van der Waals surface area contributed by atoms with Crippen molar-refractivity contribution < 1.29 is 4.74 Å². The van der Waals surface area contributed by atoms with E-state index in [1.807, 2.05) is 24.3 Å². The van der Waals surface area contributed by atoms with Crippen LogP contribution >= 0.6 is 0 Å². The molecule has 0 aliphatic rings. The molecule has 2 aromatic rings. The minimum Gasteiger partial charge on any atom is -0.382 e. The molecule has 0 saturated heterocycles. The van der Waals surface area contributed by atoms with Crippen LogP contribution in [-0.2, 0) is 4.74 Å². The molecule has 20 heavy (non-hydrogen) atoms. The van der Waals surface area contributed by atoms with Crippen molar-refractivity contribution >= 4 is 5.69 Å². The first kappa shape index (κ1) is 14.5. The average Bonchev–Trinajstić information content (AvgIpc) is 2.92. The van der Waals surface area contributed by atoms with Gasteiger partial charge in [-0.05, 0) is 55.8 Å². The van der Waals surface area contributed by atoms with Crippen molar-refractivity contribution in [2.45, 2.75) is 38.8 Å². The number of rotatable bonds is 6. The maximum Gasteiger partial charge on any atom is 0.143 e. The van der Waals surface area contributed by atoms with E-state index in [1.54, 1.807) is 18.1 Å². The fraction of sp³-hybridized carbons (Fsp3) is 0.500. The van der Waals surface area contributed by atoms with Crippen LogP contribution in [0.5, 0.6) is 0 Å². The third-order valence-electron chi connectivity index (χ3n) is 3.22. The molecule has 0 saturated carbocycles. The van der Waals surface area contributed by atoms with E-state index in [0.717, 1.165) is 17.8 Å². The standard InChI is InChI=1S/C14H21N5O/c1-11(9-14(2,3)20-4)16-12-6-5-7-13(8-12)19-10-15-17-18-19/h5-8,10-11,16H,9H2,1-4H3. The zero-order valence-corrected chi connectivity index (χ0v) is 12.4. The Kier molecular flexibility index (Phi) is 4.34. The van der Waals surface area contributed by atoms with Gasteiger partial charge in [-0.15, -0.1) is 5.10 Å². The molecule has 1 aromatic carbocycles. The summed E-state index contributed by atoms with van der Waals surface area (Å²) in [4.78, 5) is 0. The number of nitrogens with one attached hydrogen (secondary N) is 1. The number of ether oxygens (including phenoxy) is 1. The lowest BCUT2D eigenvalue weighted by molar-refractivity contribution is 0.0128. The molecule has 0 fully saturated rings. The van der Waals surface area contributed by atoms with Gasteiger partial charge in [0, 0.05) is 18.8 Å². The molecule has 1 atom stereocenters. The smallest absolute Gasteiger partial charge is 0.143 e. The fourth-order valence-corrected chi connectivity index (χ4v) is 2.17. The number of hydrogen-bond donors (Lipinski definition) is 1. The topological polar surface area (TPSA) is 64.9 Å². The normalized spacial score (nSPS) is 13.2. The van der Waals surface area contributed by atoms with E-state index in [0.29, 0.717) is 6.04 Å². The molecule has 6 heteroatoms. The van der Waals surface area contributed by atoms with Gasteiger partial charge in [-0.2, -0.15) is 0 Å². The molecule has 0 aliphatic heterocycles. The SMILES string of the molecule is COC(C)(C)CC(C)Nc1cccc(-n2cnnn2)c1. The van der Waals surface area contributed by atoms with Gasteiger partial charge in [0.05, 0.1) is 11.3 Å². The van der Waals surface area contributed by atoms with E-state index in [1.165, 1.54) is 0 Å². The molecule has 0 amide bonds. The minimum atomic E-state index is -0.139. The molecule has 0 aliphatic carbocycles. The molecule has 108 valence electrons. The summed E-state index contributed by atoms with van der Waals surface area (Å²) in [7, 11) is 1.74. The molecule has 2 rings (SSSR count). The highest BCUT2D eigenvalue weighted by Crippen LogP contribution is 2.20. The van der Waals surface area contributed by atoms with E-state index in [4.69, 9.17) is 4.74 Å². The first-order valence-electron chi connectivity index (χ1n) is 6.65. The van der Waals surface area contributed by atoms with Gasteiger partial charge in [-0.3, -0.25) is 0 Å². The average molecular weight is 275 g/mol. The predicted octanol–water partition coefficient (Wildman–Crippen LogP) is 2.28. The lowest BCUT2D eigenvalue weighted by Gasteiger charge is -2.27. The second-order valence-corrected chi connectivity index (χ2v) is 5.52. The Morgan fingerprint density at radius 1 is 1.40 bits per heavy atom. The van der Waals surface area contributed by atoms with Crippen molar-refractivity contribution in [3.63, 3.8) is 0 Å². The molecule has 1 heterocycles. The second-order valence-electron chi connectivity index (χ2n) is 5.52. The van der Waals surface area contributed by atoms with Crippen LogP contribution in [0.15, 0.2) is 30.6 Å². The molecule has 0 bridgehead atoms. The Labute approximate surface area is 119 Å². The van der Waals surface area contributed by atoms with Crippen molar-refractivity contribution in [1.82, 2.24) is 20.2 Å². The van der Waals surface area contributed by atoms with Gasteiger partial charge < -0.3 is 10.1 Å². The van der Waals surface area contributed by atoms with Gasteiger partial charge in [0.1, 0.15) is 6.33 Å². The van der Waals surface area contributed by atoms with Gasteiger partial charge in [-0.1, -0.05) is 6.07 Å². The van der Waals surface area contributed by atoms with E-state index in [2.05, 4.69) is 41.6 Å². The molecule has 0 radical (unpaired) electrons. The predicted molar refractivity (Wildman–Crippen MR) is 77.9 cm³/mol. The molecular weight excluding hydrogens is 254 g/mol. The van der Waals surface area contributed by atoms with Crippen LogP contribution < -0.4 is 5.32 Å². The second kappa shape index (κ2) is 6.00. The molecule has 0 spiro atoms. The third-order valence-corrected chi connectivity index (χ3v) is 3.22. The zero-order chi connectivity index (χ0) is 14.6. The quantitative estimate of drug-likeness (QED) is 0.876. The van der Waals surface area contributed by atoms with E-state index < -0.39 is 0 Å². The van der Waals surface area contributed by atoms with Gasteiger partial charge in [0.25, 0.3) is 0 Å². The summed E-state index contributed by atoms with van der Waals surface area (Å²) in [6.45, 7) is 6.32. The molecule has 1 N–H and O–H groups in total. The highest BCUT2D eigenvalue weighted by Gasteiger charge is 2.20. The Balaban J connectivity index is 2.05. The number of anilines is 1. The van der Waals surface area contributed by atoms with Crippen LogP contribution in [0.1, 0.15) is 27.2 Å². The van der Waals surface area contributed by atoms with Crippen LogP contribution in [0.3, 0.4) is 0 Å². The monoisotopic (exact) mass is 275 g/mol. The largest absolute Gasteiger partial charge is 0.382 e. The summed E-state index contributed by atoms with van der Waals surface area (Å²) >= 11 is 0. The fourth-order valence-electron chi connectivity index (χ4n) is 2.17. The van der Waals surface area contributed by atoms with Gasteiger partial charge in [0.15, 0.2) is 0 Å². The summed E-state index contributed by atoms with van der Waals surface area (Å²) in [5.74, 6) is 0. The molecule has 1 unspecified atom stereocenters. The zero-order valence-electron chi connectivity index (χ0n) is 12.4.